The maximum atomic E-state index is 12.2. The van der Waals surface area contributed by atoms with Gasteiger partial charge in [-0.05, 0) is 30.5 Å². The number of hydrogen-bond donors (Lipinski definition) is 2. The highest BCUT2D eigenvalue weighted by Gasteiger charge is 2.19. The number of carbonyl (C=O) groups is 1. The second-order valence-electron chi connectivity index (χ2n) is 6.06. The third-order valence-corrected chi connectivity index (χ3v) is 4.36. The number of rotatable bonds is 5. The Balaban J connectivity index is 1.58. The molecule has 7 heteroatoms. The molecule has 1 amide bonds. The van der Waals surface area contributed by atoms with E-state index in [1.165, 1.54) is 0 Å². The molecule has 0 radical (unpaired) electrons. The Hall–Kier alpha value is -1.89. The molecule has 0 aliphatic carbocycles. The molecule has 0 saturated carbocycles. The predicted molar refractivity (Wildman–Crippen MR) is 93.1 cm³/mol. The minimum absolute atomic E-state index is 0.0702. The van der Waals surface area contributed by atoms with Gasteiger partial charge in [-0.3, -0.25) is 9.69 Å². The summed E-state index contributed by atoms with van der Waals surface area (Å²) in [7, 11) is 0. The van der Waals surface area contributed by atoms with Gasteiger partial charge in [0.2, 0.25) is 5.91 Å². The summed E-state index contributed by atoms with van der Waals surface area (Å²) in [5, 5.41) is 17.4. The topological polar surface area (TPSA) is 70.4 Å². The van der Waals surface area contributed by atoms with Crippen molar-refractivity contribution < 1.29 is 9.90 Å². The summed E-state index contributed by atoms with van der Waals surface area (Å²) in [5.41, 5.74) is 1.02. The molecule has 6 nitrogen and oxygen atoms in total. The Morgan fingerprint density at radius 3 is 2.88 bits per heavy atom. The molecule has 24 heavy (non-hydrogen) atoms. The lowest BCUT2D eigenvalue weighted by Gasteiger charge is -2.28. The summed E-state index contributed by atoms with van der Waals surface area (Å²) in [5.74, 6) is 0.594. The van der Waals surface area contributed by atoms with E-state index in [9.17, 15) is 9.90 Å². The van der Waals surface area contributed by atoms with Crippen LogP contribution in [-0.2, 0) is 11.3 Å². The van der Waals surface area contributed by atoms with Gasteiger partial charge in [0, 0.05) is 24.2 Å². The quantitative estimate of drug-likeness (QED) is 0.866. The highest BCUT2D eigenvalue weighted by Crippen LogP contribution is 2.15. The molecular formula is C17H21ClN4O2. The highest BCUT2D eigenvalue weighted by molar-refractivity contribution is 6.30. The largest absolute Gasteiger partial charge is 0.393 e. The number of halogens is 1. The molecule has 0 atom stereocenters. The fourth-order valence-corrected chi connectivity index (χ4v) is 3.05. The first-order valence-electron chi connectivity index (χ1n) is 8.07. The SMILES string of the molecule is O=C(CN1CCC(O)CC1)Nc1ccnn1Cc1cccc(Cl)c1. The fourth-order valence-electron chi connectivity index (χ4n) is 2.84. The van der Waals surface area contributed by atoms with Crippen LogP contribution in [-0.4, -0.2) is 51.4 Å². The van der Waals surface area contributed by atoms with Gasteiger partial charge in [-0.25, -0.2) is 4.68 Å². The molecule has 2 heterocycles. The van der Waals surface area contributed by atoms with Crippen molar-refractivity contribution in [1.29, 1.82) is 0 Å². The Morgan fingerprint density at radius 2 is 2.12 bits per heavy atom. The van der Waals surface area contributed by atoms with Gasteiger partial charge in [0.15, 0.2) is 0 Å². The van der Waals surface area contributed by atoms with Crippen LogP contribution in [0.25, 0.3) is 0 Å². The monoisotopic (exact) mass is 348 g/mol. The van der Waals surface area contributed by atoms with Crippen molar-refractivity contribution in [3.05, 3.63) is 47.1 Å². The molecule has 2 aromatic rings. The van der Waals surface area contributed by atoms with Gasteiger partial charge in [-0.2, -0.15) is 5.10 Å². The maximum absolute atomic E-state index is 12.2. The summed E-state index contributed by atoms with van der Waals surface area (Å²) in [6.45, 7) is 2.36. The fraction of sp³-hybridized carbons (Fsp3) is 0.412. The Bertz CT molecular complexity index is 695. The number of carbonyl (C=O) groups excluding carboxylic acids is 1. The summed E-state index contributed by atoms with van der Waals surface area (Å²) >= 11 is 6.01. The van der Waals surface area contributed by atoms with Crippen molar-refractivity contribution in [2.45, 2.75) is 25.5 Å². The third-order valence-electron chi connectivity index (χ3n) is 4.13. The number of aliphatic hydroxyl groups is 1. The van der Waals surface area contributed by atoms with Gasteiger partial charge in [0.05, 0.1) is 25.4 Å². The van der Waals surface area contributed by atoms with Gasteiger partial charge >= 0.3 is 0 Å². The van der Waals surface area contributed by atoms with Gasteiger partial charge in [-0.1, -0.05) is 23.7 Å². The number of aromatic nitrogens is 2. The molecule has 1 saturated heterocycles. The van der Waals surface area contributed by atoms with Crippen molar-refractivity contribution in [2.24, 2.45) is 0 Å². The number of piperidine rings is 1. The van der Waals surface area contributed by atoms with Crippen LogP contribution in [0.4, 0.5) is 5.82 Å². The molecule has 1 aromatic heterocycles. The predicted octanol–water partition coefficient (Wildman–Crippen LogP) is 1.98. The minimum atomic E-state index is -0.233. The molecule has 1 aliphatic rings. The van der Waals surface area contributed by atoms with Crippen molar-refractivity contribution >= 4 is 23.3 Å². The van der Waals surface area contributed by atoms with E-state index in [1.54, 1.807) is 16.9 Å². The zero-order valence-electron chi connectivity index (χ0n) is 13.4. The lowest BCUT2D eigenvalue weighted by Crippen LogP contribution is -2.40. The summed E-state index contributed by atoms with van der Waals surface area (Å²) < 4.78 is 1.74. The lowest BCUT2D eigenvalue weighted by atomic mass is 10.1. The zero-order chi connectivity index (χ0) is 16.9. The van der Waals surface area contributed by atoms with E-state index in [-0.39, 0.29) is 12.0 Å². The molecular weight excluding hydrogens is 328 g/mol. The van der Waals surface area contributed by atoms with E-state index in [0.29, 0.717) is 23.9 Å². The second-order valence-corrected chi connectivity index (χ2v) is 6.50. The van der Waals surface area contributed by atoms with Crippen LogP contribution >= 0.6 is 11.6 Å². The summed E-state index contributed by atoms with van der Waals surface area (Å²) in [6.07, 6.45) is 2.88. The molecule has 3 rings (SSSR count). The van der Waals surface area contributed by atoms with Crippen LogP contribution in [0.2, 0.25) is 5.02 Å². The zero-order valence-corrected chi connectivity index (χ0v) is 14.1. The molecule has 1 aliphatic heterocycles. The normalized spacial score (nSPS) is 16.2. The van der Waals surface area contributed by atoms with E-state index in [0.717, 1.165) is 31.5 Å². The van der Waals surface area contributed by atoms with Crippen molar-refractivity contribution in [1.82, 2.24) is 14.7 Å². The van der Waals surface area contributed by atoms with Gasteiger partial charge in [0.25, 0.3) is 0 Å². The number of likely N-dealkylation sites (tertiary alicyclic amines) is 1. The third kappa shape index (κ3) is 4.56. The molecule has 1 aromatic carbocycles. The number of aliphatic hydroxyl groups excluding tert-OH is 1. The first-order valence-corrected chi connectivity index (χ1v) is 8.44. The lowest BCUT2D eigenvalue weighted by molar-refractivity contribution is -0.117. The molecule has 0 spiro atoms. The van der Waals surface area contributed by atoms with Gasteiger partial charge in [-0.15, -0.1) is 0 Å². The summed E-state index contributed by atoms with van der Waals surface area (Å²) in [4.78, 5) is 14.3. The van der Waals surface area contributed by atoms with Crippen LogP contribution in [0.3, 0.4) is 0 Å². The van der Waals surface area contributed by atoms with E-state index in [2.05, 4.69) is 15.3 Å². The number of amides is 1. The number of benzene rings is 1. The molecule has 128 valence electrons. The standard InChI is InChI=1S/C17H21ClN4O2/c18-14-3-1-2-13(10-14)11-22-16(4-7-19-22)20-17(24)12-21-8-5-15(23)6-9-21/h1-4,7,10,15,23H,5-6,8-9,11-12H2,(H,20,24). The second kappa shape index (κ2) is 7.79. The van der Waals surface area contributed by atoms with Crippen LogP contribution in [0.5, 0.6) is 0 Å². The molecule has 0 bridgehead atoms. The number of nitrogens with one attached hydrogen (secondary N) is 1. The average molecular weight is 349 g/mol. The maximum Gasteiger partial charge on any atom is 0.239 e. The van der Waals surface area contributed by atoms with Crippen molar-refractivity contribution in [3.63, 3.8) is 0 Å². The number of anilines is 1. The first-order chi connectivity index (χ1) is 11.6. The highest BCUT2D eigenvalue weighted by atomic mass is 35.5. The Morgan fingerprint density at radius 1 is 1.33 bits per heavy atom. The van der Waals surface area contributed by atoms with Crippen LogP contribution in [0, 0.1) is 0 Å². The van der Waals surface area contributed by atoms with Crippen LogP contribution in [0.15, 0.2) is 36.5 Å². The molecule has 0 unspecified atom stereocenters. The van der Waals surface area contributed by atoms with Crippen molar-refractivity contribution in [2.75, 3.05) is 25.0 Å². The Labute approximate surface area is 146 Å². The van der Waals surface area contributed by atoms with Crippen LogP contribution < -0.4 is 5.32 Å². The minimum Gasteiger partial charge on any atom is -0.393 e. The molecule has 1 fully saturated rings. The smallest absolute Gasteiger partial charge is 0.239 e. The Kier molecular flexibility index (Phi) is 5.50. The van der Waals surface area contributed by atoms with Gasteiger partial charge < -0.3 is 10.4 Å². The summed E-state index contributed by atoms with van der Waals surface area (Å²) in [6, 6.07) is 9.35. The van der Waals surface area contributed by atoms with E-state index in [4.69, 9.17) is 11.6 Å². The van der Waals surface area contributed by atoms with E-state index >= 15 is 0 Å². The number of hydrogen-bond acceptors (Lipinski definition) is 4. The van der Waals surface area contributed by atoms with Gasteiger partial charge in [0.1, 0.15) is 5.82 Å². The van der Waals surface area contributed by atoms with Crippen LogP contribution in [0.1, 0.15) is 18.4 Å². The van der Waals surface area contributed by atoms with E-state index in [1.807, 2.05) is 24.3 Å². The first kappa shape index (κ1) is 17.0. The van der Waals surface area contributed by atoms with E-state index < -0.39 is 0 Å². The number of nitrogens with zero attached hydrogens (tertiary/aromatic N) is 3. The average Bonchev–Trinajstić information content (AvgIpc) is 2.96. The molecule has 2 N–H and O–H groups in total. The van der Waals surface area contributed by atoms with Crippen molar-refractivity contribution in [3.8, 4) is 0 Å².